The first-order valence-corrected chi connectivity index (χ1v) is 14.2. The molecule has 1 aliphatic carbocycles. The number of alkyl halides is 4. The highest BCUT2D eigenvalue weighted by Crippen LogP contribution is 2.41. The first kappa shape index (κ1) is 29.7. The zero-order valence-corrected chi connectivity index (χ0v) is 24.0. The highest BCUT2D eigenvalue weighted by Gasteiger charge is 2.41. The molecule has 230 valence electrons. The third-order valence-corrected chi connectivity index (χ3v) is 7.98. The first-order valence-electron chi connectivity index (χ1n) is 14.2. The van der Waals surface area contributed by atoms with Crippen LogP contribution < -0.4 is 10.2 Å². The van der Waals surface area contributed by atoms with Gasteiger partial charge in [0.25, 0.3) is 5.91 Å². The highest BCUT2D eigenvalue weighted by molar-refractivity contribution is 6.10. The number of carbonyl (C=O) groups is 1. The minimum absolute atomic E-state index is 0.114. The lowest BCUT2D eigenvalue weighted by atomic mass is 9.83. The van der Waals surface area contributed by atoms with Gasteiger partial charge in [-0.25, -0.2) is 13.8 Å². The van der Waals surface area contributed by atoms with E-state index in [9.17, 15) is 26.7 Å². The van der Waals surface area contributed by atoms with Gasteiger partial charge in [0.1, 0.15) is 29.4 Å². The van der Waals surface area contributed by atoms with E-state index in [1.807, 2.05) is 6.92 Å². The summed E-state index contributed by atoms with van der Waals surface area (Å²) in [5.41, 5.74) is -1.04. The summed E-state index contributed by atoms with van der Waals surface area (Å²) in [6.45, 7) is 1.49. The van der Waals surface area contributed by atoms with Gasteiger partial charge < -0.3 is 14.6 Å². The number of amides is 1. The van der Waals surface area contributed by atoms with Crippen LogP contribution in [-0.2, 0) is 31.1 Å². The third-order valence-electron chi connectivity index (χ3n) is 7.98. The van der Waals surface area contributed by atoms with E-state index in [2.05, 4.69) is 20.5 Å². The molecule has 0 spiro atoms. The van der Waals surface area contributed by atoms with Crippen LogP contribution in [0.25, 0.3) is 22.5 Å². The molecule has 0 atom stereocenters. The van der Waals surface area contributed by atoms with Crippen molar-refractivity contribution < 1.29 is 31.5 Å². The second kappa shape index (κ2) is 11.3. The Morgan fingerprint density at radius 2 is 1.86 bits per heavy atom. The van der Waals surface area contributed by atoms with E-state index >= 15 is 0 Å². The lowest BCUT2D eigenvalue weighted by Crippen LogP contribution is -2.36. The number of nitrogens with one attached hydrogen (secondary N) is 1. The summed E-state index contributed by atoms with van der Waals surface area (Å²) in [5, 5.41) is 11.1. The minimum atomic E-state index is -4.74. The van der Waals surface area contributed by atoms with Crippen LogP contribution in [0.4, 0.5) is 33.6 Å². The largest absolute Gasteiger partial charge is 0.416 e. The molecule has 2 aliphatic rings. The highest BCUT2D eigenvalue weighted by atomic mass is 19.4. The fourth-order valence-electron chi connectivity index (χ4n) is 5.61. The Morgan fingerprint density at radius 3 is 2.52 bits per heavy atom. The second-order valence-electron chi connectivity index (χ2n) is 11.1. The van der Waals surface area contributed by atoms with Gasteiger partial charge >= 0.3 is 6.18 Å². The molecule has 3 heterocycles. The monoisotopic (exact) mass is 612 g/mol. The van der Waals surface area contributed by atoms with Gasteiger partial charge in [0.15, 0.2) is 5.82 Å². The number of anilines is 2. The van der Waals surface area contributed by atoms with Gasteiger partial charge in [-0.2, -0.15) is 13.2 Å². The van der Waals surface area contributed by atoms with Crippen LogP contribution in [-0.4, -0.2) is 44.5 Å². The SMILES string of the molecule is CCNc1cc(-c2ccc(F)cc2-c2nncn2C)cc(N2Cc3c(cc(COCC4(F)CCC4)cc3C(F)(F)F)C2=O)n1. The van der Waals surface area contributed by atoms with Crippen LogP contribution in [0.1, 0.15) is 53.2 Å². The number of pyridine rings is 1. The molecule has 1 N–H and O–H groups in total. The lowest BCUT2D eigenvalue weighted by molar-refractivity contribution is -0.138. The minimum Gasteiger partial charge on any atom is -0.373 e. The molecule has 0 unspecified atom stereocenters. The number of fused-ring (bicyclic) bond motifs is 1. The molecule has 44 heavy (non-hydrogen) atoms. The zero-order chi connectivity index (χ0) is 31.2. The van der Waals surface area contributed by atoms with Crippen molar-refractivity contribution in [2.45, 2.75) is 51.2 Å². The molecule has 2 aromatic carbocycles. The molecule has 0 saturated heterocycles. The number of aromatic nitrogens is 4. The van der Waals surface area contributed by atoms with Gasteiger partial charge in [0.2, 0.25) is 0 Å². The van der Waals surface area contributed by atoms with E-state index in [1.54, 1.807) is 29.8 Å². The molecule has 8 nitrogen and oxygen atoms in total. The van der Waals surface area contributed by atoms with Crippen molar-refractivity contribution in [1.82, 2.24) is 19.7 Å². The van der Waals surface area contributed by atoms with Crippen molar-refractivity contribution in [3.05, 3.63) is 76.9 Å². The summed E-state index contributed by atoms with van der Waals surface area (Å²) in [6, 6.07) is 9.79. The number of nitrogens with zero attached hydrogens (tertiary/aromatic N) is 5. The van der Waals surface area contributed by atoms with Gasteiger partial charge in [0.05, 0.1) is 25.3 Å². The van der Waals surface area contributed by atoms with Crippen LogP contribution in [0.2, 0.25) is 0 Å². The number of ether oxygens (including phenoxy) is 1. The molecule has 1 fully saturated rings. The predicted octanol–water partition coefficient (Wildman–Crippen LogP) is 6.70. The summed E-state index contributed by atoms with van der Waals surface area (Å²) < 4.78 is 78.6. The Hall–Kier alpha value is -4.39. The summed E-state index contributed by atoms with van der Waals surface area (Å²) >= 11 is 0. The molecule has 0 radical (unpaired) electrons. The van der Waals surface area contributed by atoms with Gasteiger partial charge in [-0.05, 0) is 84.8 Å². The van der Waals surface area contributed by atoms with Crippen LogP contribution in [0.3, 0.4) is 0 Å². The van der Waals surface area contributed by atoms with Gasteiger partial charge in [-0.15, -0.1) is 10.2 Å². The fourth-order valence-corrected chi connectivity index (χ4v) is 5.61. The van der Waals surface area contributed by atoms with Crippen LogP contribution >= 0.6 is 0 Å². The Kier molecular flexibility index (Phi) is 7.60. The fraction of sp³-hybridized carbons (Fsp3) is 0.355. The van der Waals surface area contributed by atoms with Crippen molar-refractivity contribution >= 4 is 17.5 Å². The average molecular weight is 613 g/mol. The second-order valence-corrected chi connectivity index (χ2v) is 11.1. The molecule has 2 aromatic heterocycles. The number of halogens is 5. The third kappa shape index (κ3) is 5.63. The Balaban J connectivity index is 1.38. The van der Waals surface area contributed by atoms with Crippen molar-refractivity contribution in [3.8, 4) is 22.5 Å². The van der Waals surface area contributed by atoms with Crippen LogP contribution in [0, 0.1) is 5.82 Å². The standard InChI is InChI=1S/C31H29F5N6O2/c1-3-37-26-11-19(21-6-5-20(32)13-22(21)28-40-38-17-41(28)2)12-27(39-26)42-14-24-23(29(42)43)9-18(10-25(24)31(34,35)36)15-44-16-30(33)7-4-8-30/h5-6,9-13,17H,3-4,7-8,14-16H2,1-2H3,(H,37,39). The number of rotatable bonds is 9. The number of hydrogen-bond donors (Lipinski definition) is 1. The van der Waals surface area contributed by atoms with Crippen LogP contribution in [0.15, 0.2) is 48.8 Å². The first-order chi connectivity index (χ1) is 21.0. The quantitative estimate of drug-likeness (QED) is 0.212. The number of hydrogen-bond acceptors (Lipinski definition) is 6. The summed E-state index contributed by atoms with van der Waals surface area (Å²) in [7, 11) is 1.71. The molecular formula is C31H29F5N6O2. The van der Waals surface area contributed by atoms with Gasteiger partial charge in [0, 0.05) is 24.7 Å². The van der Waals surface area contributed by atoms with Crippen molar-refractivity contribution in [2.75, 3.05) is 23.4 Å². The maximum Gasteiger partial charge on any atom is 0.416 e. The van der Waals surface area contributed by atoms with Crippen molar-refractivity contribution in [2.24, 2.45) is 7.05 Å². The average Bonchev–Trinajstić information content (AvgIpc) is 3.54. The van der Waals surface area contributed by atoms with E-state index in [0.717, 1.165) is 12.5 Å². The number of benzene rings is 2. The van der Waals surface area contributed by atoms with E-state index < -0.39 is 29.1 Å². The number of carbonyl (C=O) groups excluding carboxylic acids is 1. The van der Waals surface area contributed by atoms with E-state index in [1.165, 1.54) is 29.4 Å². The topological polar surface area (TPSA) is 85.2 Å². The van der Waals surface area contributed by atoms with Gasteiger partial charge in [-0.3, -0.25) is 9.69 Å². The lowest BCUT2D eigenvalue weighted by Gasteiger charge is -2.33. The Bertz CT molecular complexity index is 1730. The molecular weight excluding hydrogens is 583 g/mol. The van der Waals surface area contributed by atoms with Crippen LogP contribution in [0.5, 0.6) is 0 Å². The zero-order valence-electron chi connectivity index (χ0n) is 24.0. The Labute approximate surface area is 249 Å². The molecule has 1 saturated carbocycles. The van der Waals surface area contributed by atoms with Crippen molar-refractivity contribution in [1.29, 1.82) is 0 Å². The maximum absolute atomic E-state index is 14.4. The summed E-state index contributed by atoms with van der Waals surface area (Å²) in [5.74, 6) is -0.269. The van der Waals surface area contributed by atoms with E-state index in [4.69, 9.17) is 4.74 Å². The molecule has 0 bridgehead atoms. The molecule has 13 heteroatoms. The van der Waals surface area contributed by atoms with Crippen molar-refractivity contribution in [3.63, 3.8) is 0 Å². The molecule has 6 rings (SSSR count). The smallest absolute Gasteiger partial charge is 0.373 e. The summed E-state index contributed by atoms with van der Waals surface area (Å²) in [6.07, 6.45) is -1.80. The number of aryl methyl sites for hydroxylation is 1. The normalized spacial score (nSPS) is 15.8. The molecule has 4 aromatic rings. The molecule has 1 amide bonds. The van der Waals surface area contributed by atoms with Gasteiger partial charge in [-0.1, -0.05) is 6.07 Å². The maximum atomic E-state index is 14.4. The predicted molar refractivity (Wildman–Crippen MR) is 153 cm³/mol. The Morgan fingerprint density at radius 1 is 1.07 bits per heavy atom. The van der Waals surface area contributed by atoms with E-state index in [0.29, 0.717) is 47.7 Å². The summed E-state index contributed by atoms with van der Waals surface area (Å²) in [4.78, 5) is 19.4. The van der Waals surface area contributed by atoms with E-state index in [-0.39, 0.29) is 42.3 Å². The molecule has 1 aliphatic heterocycles.